The number of halogens is 3. The molecule has 12 heteroatoms. The Morgan fingerprint density at radius 1 is 0.964 bits per heavy atom. The molecule has 0 amide bonds. The Morgan fingerprint density at radius 3 is 1.57 bits per heavy atom. The Morgan fingerprint density at radius 2 is 1.32 bits per heavy atom. The van der Waals surface area contributed by atoms with E-state index in [0.29, 0.717) is 0 Å². The van der Waals surface area contributed by atoms with Crippen molar-refractivity contribution in [2.75, 3.05) is 24.8 Å². The molecule has 0 saturated carbocycles. The molecule has 1 aromatic carbocycles. The summed E-state index contributed by atoms with van der Waals surface area (Å²) in [7, 11) is -5.61. The summed E-state index contributed by atoms with van der Waals surface area (Å²) >= 11 is 10.4. The molecule has 0 atom stereocenters. The molecule has 0 aliphatic rings. The summed E-state index contributed by atoms with van der Waals surface area (Å²) in [6.07, 6.45) is 1.90. The van der Waals surface area contributed by atoms with Crippen LogP contribution in [0.3, 0.4) is 0 Å². The summed E-state index contributed by atoms with van der Waals surface area (Å²) in [5.74, 6) is -3.55. The first-order valence-corrected chi connectivity index (χ1v) is 15.5. The molecule has 162 valence electrons. The third-order valence-electron chi connectivity index (χ3n) is 3.40. The van der Waals surface area contributed by atoms with Crippen molar-refractivity contribution >= 4 is 68.6 Å². The second-order valence-electron chi connectivity index (χ2n) is 5.09. The molecule has 0 N–H and O–H groups in total. The summed E-state index contributed by atoms with van der Waals surface area (Å²) in [6, 6.07) is 6.02. The van der Waals surface area contributed by atoms with Crippen molar-refractivity contribution in [1.29, 1.82) is 0 Å². The van der Waals surface area contributed by atoms with Crippen molar-refractivity contribution in [3.8, 4) is 0 Å². The molecule has 1 rings (SSSR count). The van der Waals surface area contributed by atoms with Crippen LogP contribution in [-0.4, -0.2) is 56.3 Å². The van der Waals surface area contributed by atoms with Crippen LogP contribution < -0.4 is 17.0 Å². The molecule has 1 aromatic rings. The maximum Gasteiger partial charge on any atom is 2.00 e. The molecular formula is C16H29BrCl2MgO5P2S. The van der Waals surface area contributed by atoms with Crippen LogP contribution in [0.1, 0.15) is 33.3 Å². The number of rotatable bonds is 7. The smallest absolute Gasteiger partial charge is 1.00 e. The van der Waals surface area contributed by atoms with Crippen LogP contribution in [0, 0.1) is 13.8 Å². The standard InChI is InChI=1S/C8H9Cl2O4PS.C6H15OP.C2H5.BrH.Mg/c1-7-2-4-8(5-3-7)16(12,13)14-6-15(9,10)11;1-4-8(7,5-2)6-3;1-2;;/h2-5H,6H2,1H3;4-6H2,1-3H3;1H2,2H3;1H;/q;;-1;;+2/p-1. The van der Waals surface area contributed by atoms with E-state index in [2.05, 4.69) is 11.1 Å². The van der Waals surface area contributed by atoms with E-state index < -0.39 is 29.5 Å². The van der Waals surface area contributed by atoms with Gasteiger partial charge >= 0.3 is 23.1 Å². The van der Waals surface area contributed by atoms with Crippen LogP contribution in [0.4, 0.5) is 0 Å². The van der Waals surface area contributed by atoms with Gasteiger partial charge in [-0.1, -0.05) is 38.5 Å². The summed E-state index contributed by atoms with van der Waals surface area (Å²) in [5, 5.41) is 0. The van der Waals surface area contributed by atoms with Crippen LogP contribution in [0.2, 0.25) is 0 Å². The van der Waals surface area contributed by atoms with Crippen molar-refractivity contribution < 1.29 is 38.7 Å². The van der Waals surface area contributed by atoms with E-state index in [1.807, 2.05) is 27.7 Å². The number of aryl methyl sites for hydroxylation is 1. The molecule has 0 bridgehead atoms. The summed E-state index contributed by atoms with van der Waals surface area (Å²) < 4.78 is 49.7. The van der Waals surface area contributed by atoms with Gasteiger partial charge in [-0.2, -0.15) is 15.3 Å². The van der Waals surface area contributed by atoms with E-state index in [-0.39, 0.29) is 44.9 Å². The first kappa shape index (κ1) is 36.8. The Bertz CT molecular complexity index is 693. The zero-order valence-corrected chi connectivity index (χ0v) is 24.1. The van der Waals surface area contributed by atoms with Crippen LogP contribution >= 0.6 is 35.5 Å². The zero-order chi connectivity index (χ0) is 21.0. The molecule has 0 saturated heterocycles. The minimum atomic E-state index is -3.95. The van der Waals surface area contributed by atoms with E-state index in [4.69, 9.17) is 22.5 Å². The molecular weight excluding hydrogens is 541 g/mol. The van der Waals surface area contributed by atoms with Crippen molar-refractivity contribution in [3.63, 3.8) is 0 Å². The van der Waals surface area contributed by atoms with E-state index in [9.17, 15) is 17.5 Å². The van der Waals surface area contributed by atoms with Crippen LogP contribution in [-0.2, 0) is 23.4 Å². The van der Waals surface area contributed by atoms with Gasteiger partial charge < -0.3 is 28.5 Å². The maximum absolute atomic E-state index is 11.5. The predicted molar refractivity (Wildman–Crippen MR) is 120 cm³/mol. The Balaban J connectivity index is -0.000000207. The van der Waals surface area contributed by atoms with Gasteiger partial charge in [0.05, 0.1) is 12.0 Å². The summed E-state index contributed by atoms with van der Waals surface area (Å²) in [6.45, 7) is 12.8. The maximum atomic E-state index is 11.5. The first-order valence-electron chi connectivity index (χ1n) is 8.11. The average molecular weight is 571 g/mol. The molecule has 0 heterocycles. The zero-order valence-electron chi connectivity index (χ0n) is 17.0. The minimum absolute atomic E-state index is 0. The van der Waals surface area contributed by atoms with E-state index in [1.54, 1.807) is 19.1 Å². The van der Waals surface area contributed by atoms with Crippen molar-refractivity contribution in [2.45, 2.75) is 39.5 Å². The molecule has 0 fully saturated rings. The normalized spacial score (nSPS) is 10.9. The molecule has 0 unspecified atom stereocenters. The van der Waals surface area contributed by atoms with Gasteiger partial charge in [0.1, 0.15) is 6.35 Å². The Kier molecular flexibility index (Phi) is 23.7. The van der Waals surface area contributed by atoms with E-state index >= 15 is 0 Å². The second kappa shape index (κ2) is 18.0. The first-order chi connectivity index (χ1) is 11.9. The number of hydrogen-bond donors (Lipinski definition) is 0. The summed E-state index contributed by atoms with van der Waals surface area (Å²) in [5.41, 5.74) is 0.916. The fraction of sp³-hybridized carbons (Fsp3) is 0.562. The molecule has 0 spiro atoms. The molecule has 0 aliphatic heterocycles. The van der Waals surface area contributed by atoms with Crippen molar-refractivity contribution in [3.05, 3.63) is 36.8 Å². The van der Waals surface area contributed by atoms with Crippen LogP contribution in [0.25, 0.3) is 0 Å². The average Bonchev–Trinajstić information content (AvgIpc) is 2.61. The van der Waals surface area contributed by atoms with Crippen molar-refractivity contribution in [1.82, 2.24) is 0 Å². The van der Waals surface area contributed by atoms with E-state index in [0.717, 1.165) is 24.0 Å². The minimum Gasteiger partial charge on any atom is -1.00 e. The van der Waals surface area contributed by atoms with Crippen LogP contribution in [0.15, 0.2) is 29.2 Å². The third kappa shape index (κ3) is 17.1. The second-order valence-corrected chi connectivity index (χ2v) is 15.9. The topological polar surface area (TPSA) is 77.5 Å². The van der Waals surface area contributed by atoms with Gasteiger partial charge in [0.25, 0.3) is 16.0 Å². The fourth-order valence-corrected chi connectivity index (χ4v) is 5.28. The van der Waals surface area contributed by atoms with Gasteiger partial charge in [0, 0.05) is 0 Å². The monoisotopic (exact) mass is 568 g/mol. The quantitative estimate of drug-likeness (QED) is 0.218. The molecule has 5 nitrogen and oxygen atoms in total. The molecule has 0 radical (unpaired) electrons. The van der Waals surface area contributed by atoms with Gasteiger partial charge in [-0.25, -0.2) is 0 Å². The Labute approximate surface area is 207 Å². The largest absolute Gasteiger partial charge is 2.00 e. The number of hydrogen-bond acceptors (Lipinski definition) is 5. The fourth-order valence-electron chi connectivity index (χ4n) is 1.57. The van der Waals surface area contributed by atoms with Gasteiger partial charge in [-0.3, -0.25) is 8.75 Å². The molecule has 0 aliphatic carbocycles. The van der Waals surface area contributed by atoms with Gasteiger partial charge in [-0.15, -0.1) is 0 Å². The summed E-state index contributed by atoms with van der Waals surface area (Å²) in [4.78, 5) is -0.0279. The van der Waals surface area contributed by atoms with Crippen LogP contribution in [0.5, 0.6) is 0 Å². The number of benzene rings is 1. The van der Waals surface area contributed by atoms with Gasteiger partial charge in [0.15, 0.2) is 0 Å². The SMILES string of the molecule is CCP(=O)(CC)CC.Cc1ccc(S(=O)(=O)OCP(=O)(Cl)Cl)cc1.[Br-].[CH2-]C.[Mg+2]. The predicted octanol–water partition coefficient (Wildman–Crippen LogP) is 3.20. The van der Waals surface area contributed by atoms with Gasteiger partial charge in [0.2, 0.25) is 0 Å². The molecule has 0 aromatic heterocycles. The molecule has 28 heavy (non-hydrogen) atoms. The van der Waals surface area contributed by atoms with E-state index in [1.165, 1.54) is 12.1 Å². The van der Waals surface area contributed by atoms with Gasteiger partial charge in [-0.05, 0) is 60.0 Å². The third-order valence-corrected chi connectivity index (χ3v) is 9.32. The van der Waals surface area contributed by atoms with Crippen molar-refractivity contribution in [2.24, 2.45) is 0 Å². The Hall–Kier alpha value is 1.42.